The van der Waals surface area contributed by atoms with Crippen molar-refractivity contribution in [3.05, 3.63) is 11.9 Å². The molecular weight excluding hydrogens is 284 g/mol. The van der Waals surface area contributed by atoms with Crippen LogP contribution in [0.15, 0.2) is 11.4 Å². The first-order chi connectivity index (χ1) is 10.4. The Bertz CT molecular complexity index is 528. The third-order valence-electron chi connectivity index (χ3n) is 5.79. The number of imidazole rings is 1. The van der Waals surface area contributed by atoms with Gasteiger partial charge in [0.2, 0.25) is 0 Å². The lowest BCUT2D eigenvalue weighted by Crippen LogP contribution is -2.21. The second-order valence-corrected chi connectivity index (χ2v) is 8.05. The molecule has 0 radical (unpaired) electrons. The lowest BCUT2D eigenvalue weighted by molar-refractivity contribution is 0.0637. The first-order valence-corrected chi connectivity index (χ1v) is 9.28. The van der Waals surface area contributed by atoms with E-state index in [1.165, 1.54) is 18.5 Å². The van der Waals surface area contributed by atoms with E-state index in [9.17, 15) is 0 Å². The van der Waals surface area contributed by atoms with E-state index in [4.69, 9.17) is 9.47 Å². The molecule has 5 atom stereocenters. The van der Waals surface area contributed by atoms with Gasteiger partial charge in [-0.15, -0.1) is 0 Å². The normalized spacial score (nSPS) is 41.4. The van der Waals surface area contributed by atoms with Gasteiger partial charge < -0.3 is 14.5 Å². The van der Waals surface area contributed by atoms with Gasteiger partial charge in [-0.2, -0.15) is 0 Å². The molecule has 0 amide bonds. The van der Waals surface area contributed by atoms with Crippen molar-refractivity contribution in [2.24, 2.45) is 17.8 Å². The predicted octanol–water partition coefficient (Wildman–Crippen LogP) is 2.82. The molecule has 0 spiro atoms. The number of H-pyrrole nitrogens is 1. The quantitative estimate of drug-likeness (QED) is 0.869. The van der Waals surface area contributed by atoms with E-state index in [0.29, 0.717) is 18.1 Å². The van der Waals surface area contributed by atoms with Gasteiger partial charge in [-0.25, -0.2) is 4.98 Å². The summed E-state index contributed by atoms with van der Waals surface area (Å²) < 4.78 is 11.5. The number of rotatable bonds is 4. The number of nitrogens with one attached hydrogen (secondary N) is 1. The van der Waals surface area contributed by atoms with Crippen molar-refractivity contribution >= 4 is 11.8 Å². The molecule has 2 bridgehead atoms. The van der Waals surface area contributed by atoms with Crippen LogP contribution in [0.3, 0.4) is 0 Å². The molecule has 4 fully saturated rings. The third-order valence-corrected chi connectivity index (χ3v) is 6.87. The summed E-state index contributed by atoms with van der Waals surface area (Å²) in [7, 11) is 0. The predicted molar refractivity (Wildman–Crippen MR) is 80.5 cm³/mol. The fourth-order valence-electron chi connectivity index (χ4n) is 4.52. The van der Waals surface area contributed by atoms with Crippen LogP contribution in [0.5, 0.6) is 0 Å². The van der Waals surface area contributed by atoms with Crippen molar-refractivity contribution in [1.29, 1.82) is 0 Å². The molecule has 4 nitrogen and oxygen atoms in total. The molecule has 1 N–H and O–H groups in total. The number of aromatic amines is 1. The van der Waals surface area contributed by atoms with Gasteiger partial charge in [0.15, 0.2) is 5.16 Å². The second kappa shape index (κ2) is 5.00. The average molecular weight is 306 g/mol. The maximum absolute atomic E-state index is 6.08. The maximum Gasteiger partial charge on any atom is 0.165 e. The molecule has 21 heavy (non-hydrogen) atoms. The van der Waals surface area contributed by atoms with Crippen molar-refractivity contribution < 1.29 is 9.47 Å². The number of ether oxygens (including phenoxy) is 2. The van der Waals surface area contributed by atoms with Crippen LogP contribution >= 0.6 is 11.8 Å². The summed E-state index contributed by atoms with van der Waals surface area (Å²) in [5, 5.41) is 1.09. The summed E-state index contributed by atoms with van der Waals surface area (Å²) >= 11 is 1.88. The van der Waals surface area contributed by atoms with Crippen LogP contribution in [0.1, 0.15) is 37.3 Å². The van der Waals surface area contributed by atoms with E-state index in [1.54, 1.807) is 0 Å². The zero-order chi connectivity index (χ0) is 13.8. The first-order valence-electron chi connectivity index (χ1n) is 8.29. The fourth-order valence-corrected chi connectivity index (χ4v) is 5.54. The van der Waals surface area contributed by atoms with E-state index < -0.39 is 0 Å². The lowest BCUT2D eigenvalue weighted by Gasteiger charge is -2.20. The Balaban J connectivity index is 1.19. The molecule has 4 aliphatic rings. The Morgan fingerprint density at radius 1 is 1.24 bits per heavy atom. The molecule has 5 rings (SSSR count). The number of hydrogen-bond acceptors (Lipinski definition) is 4. The molecule has 0 unspecified atom stereocenters. The molecule has 1 saturated carbocycles. The Labute approximate surface area is 129 Å². The van der Waals surface area contributed by atoms with Gasteiger partial charge in [0.1, 0.15) is 0 Å². The highest BCUT2D eigenvalue weighted by Crippen LogP contribution is 2.61. The van der Waals surface area contributed by atoms with Crippen molar-refractivity contribution in [2.45, 2.75) is 49.0 Å². The van der Waals surface area contributed by atoms with Gasteiger partial charge in [0, 0.05) is 36.8 Å². The summed E-state index contributed by atoms with van der Waals surface area (Å²) in [4.78, 5) is 8.10. The van der Waals surface area contributed by atoms with Crippen LogP contribution in [0, 0.1) is 17.8 Å². The summed E-state index contributed by atoms with van der Waals surface area (Å²) in [6.07, 6.45) is 8.16. The van der Waals surface area contributed by atoms with E-state index in [0.717, 1.165) is 54.7 Å². The molecular formula is C16H22N2O2S. The Kier molecular flexibility index (Phi) is 3.09. The highest BCUT2D eigenvalue weighted by Gasteiger charge is 2.62. The molecule has 0 aromatic carbocycles. The minimum absolute atomic E-state index is 0.567. The Hall–Kier alpha value is -0.520. The van der Waals surface area contributed by atoms with E-state index >= 15 is 0 Å². The number of nitrogens with zero attached hydrogens (tertiary/aromatic N) is 1. The Morgan fingerprint density at radius 2 is 2.14 bits per heavy atom. The summed E-state index contributed by atoms with van der Waals surface area (Å²) in [5.41, 5.74) is 1.30. The zero-order valence-electron chi connectivity index (χ0n) is 12.2. The molecule has 1 aliphatic carbocycles. The number of aromatic nitrogens is 2. The van der Waals surface area contributed by atoms with Crippen molar-refractivity contribution in [2.75, 3.05) is 19.0 Å². The number of thioether (sulfide) groups is 1. The van der Waals surface area contributed by atoms with Gasteiger partial charge in [0.05, 0.1) is 12.2 Å². The molecule has 3 aliphatic heterocycles. The summed E-state index contributed by atoms with van der Waals surface area (Å²) in [6, 6.07) is 0. The number of hydrogen-bond donors (Lipinski definition) is 1. The van der Waals surface area contributed by atoms with Crippen LogP contribution in [-0.4, -0.2) is 41.1 Å². The number of fused-ring (bicyclic) bond motifs is 5. The van der Waals surface area contributed by atoms with Crippen molar-refractivity contribution in [3.63, 3.8) is 0 Å². The fraction of sp³-hybridized carbons (Fsp3) is 0.812. The second-order valence-electron chi connectivity index (χ2n) is 7.04. The van der Waals surface area contributed by atoms with Crippen LogP contribution in [-0.2, 0) is 9.47 Å². The monoisotopic (exact) mass is 306 g/mol. The molecule has 1 aromatic heterocycles. The van der Waals surface area contributed by atoms with Crippen LogP contribution in [0.2, 0.25) is 0 Å². The van der Waals surface area contributed by atoms with Gasteiger partial charge in [0.25, 0.3) is 0 Å². The van der Waals surface area contributed by atoms with Crippen LogP contribution in [0.4, 0.5) is 0 Å². The third kappa shape index (κ3) is 2.25. The smallest absolute Gasteiger partial charge is 0.165 e. The minimum atomic E-state index is 0.567. The topological polar surface area (TPSA) is 47.1 Å². The average Bonchev–Trinajstić information content (AvgIpc) is 2.91. The van der Waals surface area contributed by atoms with E-state index in [-0.39, 0.29) is 0 Å². The summed E-state index contributed by atoms with van der Waals surface area (Å²) in [6.45, 7) is 1.77. The lowest BCUT2D eigenvalue weighted by atomic mass is 9.91. The molecule has 4 heterocycles. The van der Waals surface area contributed by atoms with Gasteiger partial charge in [-0.1, -0.05) is 11.8 Å². The van der Waals surface area contributed by atoms with Gasteiger partial charge >= 0.3 is 0 Å². The van der Waals surface area contributed by atoms with Crippen molar-refractivity contribution in [3.8, 4) is 0 Å². The van der Waals surface area contributed by atoms with Gasteiger partial charge in [-0.05, 0) is 43.4 Å². The molecule has 3 saturated heterocycles. The zero-order valence-corrected chi connectivity index (χ0v) is 13.0. The molecule has 1 aromatic rings. The highest BCUT2D eigenvalue weighted by molar-refractivity contribution is 7.99. The van der Waals surface area contributed by atoms with Gasteiger partial charge in [-0.3, -0.25) is 0 Å². The molecule has 114 valence electrons. The SMILES string of the molecule is c1nc(SC[C@@H]2C[C@@H]3O[C@H]2[C@H]2C[C@H]23)[nH]c1C1CCOCC1. The highest BCUT2D eigenvalue weighted by atomic mass is 32.2. The minimum Gasteiger partial charge on any atom is -0.381 e. The Morgan fingerprint density at radius 3 is 2.95 bits per heavy atom. The van der Waals surface area contributed by atoms with Crippen LogP contribution in [0.25, 0.3) is 0 Å². The largest absolute Gasteiger partial charge is 0.381 e. The maximum atomic E-state index is 6.08. The standard InChI is InChI=1S/C16H22N2O2S/c1-3-19-4-2-9(1)13-7-17-16(18-13)21-8-10-5-14-11-6-12(11)15(10)20-14/h7,9-12,14-15H,1-6,8H2,(H,17,18)/t10-,11+,12-,14-,15+/m0/s1. The van der Waals surface area contributed by atoms with Crippen molar-refractivity contribution in [1.82, 2.24) is 9.97 Å². The van der Waals surface area contributed by atoms with E-state index in [1.807, 2.05) is 18.0 Å². The summed E-state index contributed by atoms with van der Waals surface area (Å²) in [5.74, 6) is 4.35. The van der Waals surface area contributed by atoms with Crippen LogP contribution < -0.4 is 0 Å². The van der Waals surface area contributed by atoms with E-state index in [2.05, 4.69) is 9.97 Å². The molecule has 5 heteroatoms. The first kappa shape index (κ1) is 13.0.